The molecule has 0 fully saturated rings. The molecule has 0 bridgehead atoms. The van der Waals surface area contributed by atoms with Crippen molar-refractivity contribution in [2.45, 2.75) is 20.0 Å². The van der Waals surface area contributed by atoms with E-state index < -0.39 is 11.9 Å². The van der Waals surface area contributed by atoms with Crippen molar-refractivity contribution >= 4 is 23.5 Å². The van der Waals surface area contributed by atoms with E-state index in [0.29, 0.717) is 5.02 Å². The zero-order chi connectivity index (χ0) is 12.7. The molecule has 1 rings (SSSR count). The molecule has 4 nitrogen and oxygen atoms in total. The van der Waals surface area contributed by atoms with Gasteiger partial charge in [-0.05, 0) is 24.6 Å². The lowest BCUT2D eigenvalue weighted by Crippen LogP contribution is -2.13. The second-order valence-electron chi connectivity index (χ2n) is 3.27. The fourth-order valence-corrected chi connectivity index (χ4v) is 1.38. The van der Waals surface area contributed by atoms with Crippen LogP contribution in [0, 0.1) is 0 Å². The van der Waals surface area contributed by atoms with Crippen LogP contribution < -0.4 is 0 Å². The molecule has 17 heavy (non-hydrogen) atoms. The first-order valence-corrected chi connectivity index (χ1v) is 5.55. The summed E-state index contributed by atoms with van der Waals surface area (Å²) in [6, 6.07) is 6.96. The minimum absolute atomic E-state index is 0.0960. The lowest BCUT2D eigenvalue weighted by Gasteiger charge is -2.05. The van der Waals surface area contributed by atoms with E-state index in [1.807, 2.05) is 0 Å². The monoisotopic (exact) mass is 256 g/mol. The van der Waals surface area contributed by atoms with Gasteiger partial charge >= 0.3 is 11.9 Å². The Kier molecular flexibility index (Phi) is 5.49. The number of halogens is 1. The first-order valence-electron chi connectivity index (χ1n) is 5.17. The van der Waals surface area contributed by atoms with Crippen molar-refractivity contribution in [2.24, 2.45) is 0 Å². The van der Waals surface area contributed by atoms with Gasteiger partial charge in [-0.25, -0.2) is 0 Å². The molecule has 5 heteroatoms. The Labute approximate surface area is 104 Å². The molecule has 0 aliphatic heterocycles. The van der Waals surface area contributed by atoms with Gasteiger partial charge in [-0.15, -0.1) is 0 Å². The van der Waals surface area contributed by atoms with E-state index in [-0.39, 0.29) is 19.6 Å². The van der Waals surface area contributed by atoms with Crippen LogP contribution >= 0.6 is 11.6 Å². The molecule has 1 aromatic rings. The van der Waals surface area contributed by atoms with Gasteiger partial charge < -0.3 is 9.47 Å². The molecule has 0 spiro atoms. The lowest BCUT2D eigenvalue weighted by molar-refractivity contribution is -0.155. The van der Waals surface area contributed by atoms with Crippen LogP contribution in [0.1, 0.15) is 18.9 Å². The number of esters is 2. The Morgan fingerprint density at radius 1 is 1.24 bits per heavy atom. The summed E-state index contributed by atoms with van der Waals surface area (Å²) in [5.41, 5.74) is 0.773. The predicted octanol–water partition coefficient (Wildman–Crippen LogP) is 2.34. The normalized spacial score (nSPS) is 9.76. The Morgan fingerprint density at radius 3 is 2.59 bits per heavy atom. The van der Waals surface area contributed by atoms with Crippen LogP contribution in [-0.2, 0) is 25.7 Å². The number of ether oxygens (including phenoxy) is 2. The van der Waals surface area contributed by atoms with Gasteiger partial charge in [-0.2, -0.15) is 0 Å². The van der Waals surface area contributed by atoms with Crippen molar-refractivity contribution in [1.29, 1.82) is 0 Å². The maximum atomic E-state index is 11.2. The molecule has 0 aromatic heterocycles. The fourth-order valence-electron chi connectivity index (χ4n) is 1.17. The zero-order valence-corrected chi connectivity index (χ0v) is 10.2. The van der Waals surface area contributed by atoms with Crippen LogP contribution in [0.3, 0.4) is 0 Å². The summed E-state index contributed by atoms with van der Waals surface area (Å²) in [4.78, 5) is 22.2. The molecule has 0 atom stereocenters. The predicted molar refractivity (Wildman–Crippen MR) is 62.5 cm³/mol. The first-order chi connectivity index (χ1) is 8.11. The highest BCUT2D eigenvalue weighted by molar-refractivity contribution is 6.30. The van der Waals surface area contributed by atoms with E-state index in [1.165, 1.54) is 0 Å². The van der Waals surface area contributed by atoms with Gasteiger partial charge in [-0.1, -0.05) is 23.7 Å². The van der Waals surface area contributed by atoms with Gasteiger partial charge in [-0.3, -0.25) is 9.59 Å². The zero-order valence-electron chi connectivity index (χ0n) is 9.44. The molecule has 0 aliphatic rings. The van der Waals surface area contributed by atoms with Crippen LogP contribution in [0.2, 0.25) is 5.02 Å². The average Bonchev–Trinajstić information content (AvgIpc) is 2.27. The summed E-state index contributed by atoms with van der Waals surface area (Å²) < 4.78 is 9.52. The number of carbonyl (C=O) groups excluding carboxylic acids is 2. The van der Waals surface area contributed by atoms with Crippen LogP contribution in [0.5, 0.6) is 0 Å². The minimum atomic E-state index is -0.608. The third kappa shape index (κ3) is 5.36. The molecule has 92 valence electrons. The quantitative estimate of drug-likeness (QED) is 0.599. The molecule has 1 aromatic carbocycles. The maximum Gasteiger partial charge on any atom is 0.317 e. The van der Waals surface area contributed by atoms with Crippen molar-refractivity contribution in [1.82, 2.24) is 0 Å². The van der Waals surface area contributed by atoms with Crippen molar-refractivity contribution in [2.75, 3.05) is 6.61 Å². The maximum absolute atomic E-state index is 11.2. The van der Waals surface area contributed by atoms with Crippen molar-refractivity contribution in [3.63, 3.8) is 0 Å². The number of benzene rings is 1. The summed E-state index contributed by atoms with van der Waals surface area (Å²) in [7, 11) is 0. The van der Waals surface area contributed by atoms with Crippen molar-refractivity contribution < 1.29 is 19.1 Å². The molecule has 0 saturated heterocycles. The Hall–Kier alpha value is -1.55. The summed E-state index contributed by atoms with van der Waals surface area (Å²) in [5, 5.41) is 0.573. The second-order valence-corrected chi connectivity index (χ2v) is 3.71. The topological polar surface area (TPSA) is 52.6 Å². The molecule has 0 N–H and O–H groups in total. The Balaban J connectivity index is 2.35. The van der Waals surface area contributed by atoms with Gasteiger partial charge in [0.2, 0.25) is 0 Å². The van der Waals surface area contributed by atoms with E-state index in [9.17, 15) is 9.59 Å². The molecule has 0 heterocycles. The van der Waals surface area contributed by atoms with E-state index in [1.54, 1.807) is 31.2 Å². The van der Waals surface area contributed by atoms with E-state index >= 15 is 0 Å². The second kappa shape index (κ2) is 6.91. The summed E-state index contributed by atoms with van der Waals surface area (Å²) >= 11 is 5.77. The lowest BCUT2D eigenvalue weighted by atomic mass is 10.2. The summed E-state index contributed by atoms with van der Waals surface area (Å²) in [6.45, 7) is 2.02. The van der Waals surface area contributed by atoms with Gasteiger partial charge in [0.05, 0.1) is 6.61 Å². The van der Waals surface area contributed by atoms with Gasteiger partial charge in [0.15, 0.2) is 0 Å². The van der Waals surface area contributed by atoms with Gasteiger partial charge in [0.1, 0.15) is 13.0 Å². The molecule has 0 amide bonds. The standard InChI is InChI=1S/C12H13ClO4/c1-2-16-11(14)7-12(15)17-8-9-4-3-5-10(13)6-9/h3-6H,2,7-8H2,1H3. The highest BCUT2D eigenvalue weighted by Crippen LogP contribution is 2.11. The van der Waals surface area contributed by atoms with Crippen molar-refractivity contribution in [3.05, 3.63) is 34.9 Å². The van der Waals surface area contributed by atoms with E-state index in [2.05, 4.69) is 4.74 Å². The highest BCUT2D eigenvalue weighted by atomic mass is 35.5. The third-order valence-electron chi connectivity index (χ3n) is 1.88. The molecule has 0 unspecified atom stereocenters. The summed E-state index contributed by atoms with van der Waals surface area (Å²) in [5.74, 6) is -1.19. The molecular weight excluding hydrogens is 244 g/mol. The number of carbonyl (C=O) groups is 2. The molecular formula is C12H13ClO4. The highest BCUT2D eigenvalue weighted by Gasteiger charge is 2.11. The first kappa shape index (κ1) is 13.5. The number of hydrogen-bond donors (Lipinski definition) is 0. The Bertz CT molecular complexity index is 403. The smallest absolute Gasteiger partial charge is 0.317 e. The van der Waals surface area contributed by atoms with E-state index in [4.69, 9.17) is 16.3 Å². The molecule has 0 radical (unpaired) electrons. The average molecular weight is 257 g/mol. The van der Waals surface area contributed by atoms with Crippen LogP contribution in [0.4, 0.5) is 0 Å². The largest absolute Gasteiger partial charge is 0.466 e. The van der Waals surface area contributed by atoms with Crippen LogP contribution in [0.15, 0.2) is 24.3 Å². The van der Waals surface area contributed by atoms with Crippen LogP contribution in [0.25, 0.3) is 0 Å². The van der Waals surface area contributed by atoms with Crippen LogP contribution in [-0.4, -0.2) is 18.5 Å². The molecule has 0 saturated carbocycles. The Morgan fingerprint density at radius 2 is 1.94 bits per heavy atom. The third-order valence-corrected chi connectivity index (χ3v) is 2.12. The van der Waals surface area contributed by atoms with E-state index in [0.717, 1.165) is 5.56 Å². The SMILES string of the molecule is CCOC(=O)CC(=O)OCc1cccc(Cl)c1. The summed E-state index contributed by atoms with van der Waals surface area (Å²) in [6.07, 6.45) is -0.367. The fraction of sp³-hybridized carbons (Fsp3) is 0.333. The van der Waals surface area contributed by atoms with Gasteiger partial charge in [0.25, 0.3) is 0 Å². The minimum Gasteiger partial charge on any atom is -0.466 e. The van der Waals surface area contributed by atoms with Crippen molar-refractivity contribution in [3.8, 4) is 0 Å². The van der Waals surface area contributed by atoms with Gasteiger partial charge in [0, 0.05) is 5.02 Å². The number of rotatable bonds is 5. The molecule has 0 aliphatic carbocycles. The number of hydrogen-bond acceptors (Lipinski definition) is 4.